The summed E-state index contributed by atoms with van der Waals surface area (Å²) in [5.41, 5.74) is 2.12. The van der Waals surface area contributed by atoms with E-state index in [0.29, 0.717) is 31.0 Å². The quantitative estimate of drug-likeness (QED) is 0.332. The number of hydrogen-bond donors (Lipinski definition) is 1. The molecule has 0 saturated heterocycles. The second-order valence-corrected chi connectivity index (χ2v) is 7.51. The van der Waals surface area contributed by atoms with Crippen LogP contribution in [0, 0.1) is 10.1 Å². The fourth-order valence-electron chi connectivity index (χ4n) is 3.52. The lowest BCUT2D eigenvalue weighted by atomic mass is 9.99. The van der Waals surface area contributed by atoms with E-state index in [2.05, 4.69) is 5.32 Å². The van der Waals surface area contributed by atoms with Crippen LogP contribution in [0.2, 0.25) is 0 Å². The van der Waals surface area contributed by atoms with Crippen LogP contribution in [0.1, 0.15) is 27.9 Å². The molecule has 0 atom stereocenters. The summed E-state index contributed by atoms with van der Waals surface area (Å²) in [4.78, 5) is 48.2. The van der Waals surface area contributed by atoms with Crippen molar-refractivity contribution in [1.29, 1.82) is 0 Å². The molecule has 2 amide bonds. The number of nitrogens with zero attached hydrogens (tertiary/aromatic N) is 2. The second kappa shape index (κ2) is 11.1. The zero-order valence-electron chi connectivity index (χ0n) is 18.9. The average Bonchev–Trinajstić information content (AvgIpc) is 2.85. The zero-order chi connectivity index (χ0) is 24.7. The van der Waals surface area contributed by atoms with Crippen molar-refractivity contribution in [2.24, 2.45) is 0 Å². The van der Waals surface area contributed by atoms with Gasteiger partial charge in [-0.2, -0.15) is 0 Å². The van der Waals surface area contributed by atoms with Gasteiger partial charge < -0.3 is 24.4 Å². The number of non-ortho nitro benzene ring substituents is 1. The first-order chi connectivity index (χ1) is 16.3. The van der Waals surface area contributed by atoms with E-state index >= 15 is 0 Å². The molecular weight excluding hydrogens is 446 g/mol. The number of methoxy groups -OCH3 is 2. The van der Waals surface area contributed by atoms with E-state index in [4.69, 9.17) is 14.2 Å². The first-order valence-electron chi connectivity index (χ1n) is 10.5. The van der Waals surface area contributed by atoms with Crippen LogP contribution < -0.4 is 14.8 Å². The van der Waals surface area contributed by atoms with Crippen LogP contribution in [-0.4, -0.2) is 61.5 Å². The van der Waals surface area contributed by atoms with Crippen molar-refractivity contribution in [1.82, 2.24) is 10.2 Å². The third kappa shape index (κ3) is 6.00. The Bertz CT molecular complexity index is 1080. The van der Waals surface area contributed by atoms with Gasteiger partial charge in [-0.1, -0.05) is 0 Å². The highest BCUT2D eigenvalue weighted by Gasteiger charge is 2.23. The molecule has 0 saturated carbocycles. The SMILES string of the molecule is COc1cc2c(cc1OC)CN(C(=O)COC(=O)CCNC(=O)c1ccc([N+](=O)[O-])cc1)CC2. The summed E-state index contributed by atoms with van der Waals surface area (Å²) in [5.74, 6) is -0.198. The van der Waals surface area contributed by atoms with Gasteiger partial charge in [-0.15, -0.1) is 0 Å². The highest BCUT2D eigenvalue weighted by atomic mass is 16.6. The molecule has 1 heterocycles. The molecule has 0 bridgehead atoms. The van der Waals surface area contributed by atoms with E-state index in [1.54, 1.807) is 19.1 Å². The van der Waals surface area contributed by atoms with Gasteiger partial charge in [0.2, 0.25) is 0 Å². The fraction of sp³-hybridized carbons (Fsp3) is 0.348. The molecule has 0 unspecified atom stereocenters. The Hall–Kier alpha value is -4.15. The normalized spacial score (nSPS) is 12.4. The maximum Gasteiger partial charge on any atom is 0.308 e. The number of esters is 1. The maximum atomic E-state index is 12.5. The Morgan fingerprint density at radius 1 is 1.06 bits per heavy atom. The molecular formula is C23H25N3O8. The lowest BCUT2D eigenvalue weighted by Crippen LogP contribution is -2.38. The molecule has 11 nitrogen and oxygen atoms in total. The number of nitro groups is 1. The summed E-state index contributed by atoms with van der Waals surface area (Å²) in [6, 6.07) is 8.84. The molecule has 34 heavy (non-hydrogen) atoms. The summed E-state index contributed by atoms with van der Waals surface area (Å²) < 4.78 is 15.7. The van der Waals surface area contributed by atoms with Gasteiger partial charge in [0.1, 0.15) is 0 Å². The average molecular weight is 471 g/mol. The number of nitrogens with one attached hydrogen (secondary N) is 1. The van der Waals surface area contributed by atoms with E-state index in [-0.39, 0.29) is 30.1 Å². The van der Waals surface area contributed by atoms with E-state index in [1.165, 1.54) is 24.3 Å². The van der Waals surface area contributed by atoms with Crippen LogP contribution in [0.4, 0.5) is 5.69 Å². The Balaban J connectivity index is 1.42. The minimum absolute atomic E-state index is 0.00155. The lowest BCUT2D eigenvalue weighted by Gasteiger charge is -2.29. The molecule has 0 fully saturated rings. The third-order valence-electron chi connectivity index (χ3n) is 5.38. The lowest BCUT2D eigenvalue weighted by molar-refractivity contribution is -0.384. The highest BCUT2D eigenvalue weighted by molar-refractivity contribution is 5.94. The number of hydrogen-bond acceptors (Lipinski definition) is 8. The van der Waals surface area contributed by atoms with Crippen molar-refractivity contribution in [3.8, 4) is 11.5 Å². The van der Waals surface area contributed by atoms with E-state index in [9.17, 15) is 24.5 Å². The molecule has 0 aromatic heterocycles. The van der Waals surface area contributed by atoms with Crippen LogP contribution in [0.15, 0.2) is 36.4 Å². The van der Waals surface area contributed by atoms with Gasteiger partial charge in [0.15, 0.2) is 18.1 Å². The van der Waals surface area contributed by atoms with Crippen LogP contribution in [0.5, 0.6) is 11.5 Å². The molecule has 1 aliphatic heterocycles. The molecule has 1 N–H and O–H groups in total. The molecule has 0 radical (unpaired) electrons. The van der Waals surface area contributed by atoms with Gasteiger partial charge >= 0.3 is 5.97 Å². The van der Waals surface area contributed by atoms with Crippen molar-refractivity contribution < 1.29 is 33.5 Å². The molecule has 180 valence electrons. The number of benzene rings is 2. The second-order valence-electron chi connectivity index (χ2n) is 7.51. The zero-order valence-corrected chi connectivity index (χ0v) is 18.9. The standard InChI is InChI=1S/C23H25N3O8/c1-32-19-11-16-8-10-25(13-17(16)12-20(19)33-2)21(27)14-34-22(28)7-9-24-23(29)15-3-5-18(6-4-15)26(30)31/h3-6,11-12H,7-10,13-14H2,1-2H3,(H,24,29). The molecule has 1 aliphatic rings. The Morgan fingerprint density at radius 3 is 2.32 bits per heavy atom. The minimum atomic E-state index is -0.624. The number of ether oxygens (including phenoxy) is 3. The number of nitro benzene ring substituents is 1. The Morgan fingerprint density at radius 2 is 1.71 bits per heavy atom. The van der Waals surface area contributed by atoms with Gasteiger partial charge in [-0.25, -0.2) is 0 Å². The highest BCUT2D eigenvalue weighted by Crippen LogP contribution is 2.33. The molecule has 3 rings (SSSR count). The monoisotopic (exact) mass is 471 g/mol. The molecule has 2 aromatic rings. The first-order valence-corrected chi connectivity index (χ1v) is 10.5. The van der Waals surface area contributed by atoms with E-state index in [0.717, 1.165) is 11.1 Å². The third-order valence-corrected chi connectivity index (χ3v) is 5.38. The predicted octanol–water partition coefficient (Wildman–Crippen LogP) is 1.86. The number of carbonyl (C=O) groups is 3. The van der Waals surface area contributed by atoms with Crippen molar-refractivity contribution >= 4 is 23.5 Å². The largest absolute Gasteiger partial charge is 0.493 e. The van der Waals surface area contributed by atoms with Crippen LogP contribution in [0.25, 0.3) is 0 Å². The van der Waals surface area contributed by atoms with Crippen LogP contribution >= 0.6 is 0 Å². The number of amides is 2. The van der Waals surface area contributed by atoms with E-state index in [1.807, 2.05) is 12.1 Å². The minimum Gasteiger partial charge on any atom is -0.493 e. The summed E-state index contributed by atoms with van der Waals surface area (Å²) in [7, 11) is 3.11. The number of carbonyl (C=O) groups excluding carboxylic acids is 3. The molecule has 0 aliphatic carbocycles. The number of fused-ring (bicyclic) bond motifs is 1. The van der Waals surface area contributed by atoms with Crippen molar-refractivity contribution in [2.75, 3.05) is 33.9 Å². The topological polar surface area (TPSA) is 137 Å². The summed E-state index contributed by atoms with van der Waals surface area (Å²) in [5, 5.41) is 13.2. The predicted molar refractivity (Wildman–Crippen MR) is 120 cm³/mol. The van der Waals surface area contributed by atoms with Gasteiger partial charge in [0.05, 0.1) is 25.6 Å². The molecule has 0 spiro atoms. The maximum absolute atomic E-state index is 12.5. The van der Waals surface area contributed by atoms with Gasteiger partial charge in [0.25, 0.3) is 17.5 Å². The summed E-state index contributed by atoms with van der Waals surface area (Å²) >= 11 is 0. The molecule has 11 heteroatoms. The Labute approximate surface area is 195 Å². The number of rotatable bonds is 9. The smallest absolute Gasteiger partial charge is 0.308 e. The van der Waals surface area contributed by atoms with Crippen molar-refractivity contribution in [3.63, 3.8) is 0 Å². The van der Waals surface area contributed by atoms with Gasteiger partial charge in [-0.3, -0.25) is 24.5 Å². The van der Waals surface area contributed by atoms with Gasteiger partial charge in [-0.05, 0) is 41.8 Å². The summed E-state index contributed by atoms with van der Waals surface area (Å²) in [6.45, 7) is 0.473. The van der Waals surface area contributed by atoms with Crippen LogP contribution in [-0.2, 0) is 27.3 Å². The van der Waals surface area contributed by atoms with Crippen LogP contribution in [0.3, 0.4) is 0 Å². The fourth-order valence-corrected chi connectivity index (χ4v) is 3.52. The van der Waals surface area contributed by atoms with Gasteiger partial charge in [0, 0.05) is 37.3 Å². The van der Waals surface area contributed by atoms with E-state index < -0.39 is 23.4 Å². The summed E-state index contributed by atoms with van der Waals surface area (Å²) in [6.07, 6.45) is 0.524. The Kier molecular flexibility index (Phi) is 8.01. The van der Waals surface area contributed by atoms with Crippen molar-refractivity contribution in [2.45, 2.75) is 19.4 Å². The van der Waals surface area contributed by atoms with Crippen molar-refractivity contribution in [3.05, 3.63) is 63.2 Å². The first kappa shape index (κ1) is 24.5. The molecule has 2 aromatic carbocycles.